The van der Waals surface area contributed by atoms with Crippen molar-refractivity contribution in [3.8, 4) is 11.5 Å². The second-order valence-corrected chi connectivity index (χ2v) is 9.03. The lowest BCUT2D eigenvalue weighted by molar-refractivity contribution is 0.267. The smallest absolute Gasteiger partial charge is 0.175 e. The first-order chi connectivity index (χ1) is 14.6. The van der Waals surface area contributed by atoms with E-state index in [1.807, 2.05) is 31.2 Å². The lowest BCUT2D eigenvalue weighted by Crippen LogP contribution is -2.16. The standard InChI is InChI=1S/C24H28BrCl2NO2/c1-2-29-23-14-18(15-28-12-11-17-7-4-3-5-8-17)13-20(25)24(23)30-16-19-21(26)9-6-10-22(19)27/h6-7,9-10,13-14,28H,2-5,8,11-12,15-16H2,1H3. The molecule has 1 aliphatic rings. The molecule has 0 radical (unpaired) electrons. The van der Waals surface area contributed by atoms with E-state index in [2.05, 4.69) is 33.4 Å². The van der Waals surface area contributed by atoms with Crippen molar-refractivity contribution in [2.24, 2.45) is 0 Å². The summed E-state index contributed by atoms with van der Waals surface area (Å²) in [6.45, 7) is 4.55. The average Bonchev–Trinajstić information content (AvgIpc) is 2.73. The van der Waals surface area contributed by atoms with Crippen LogP contribution in [0.1, 0.15) is 50.2 Å². The fourth-order valence-corrected chi connectivity index (χ4v) is 4.66. The van der Waals surface area contributed by atoms with E-state index in [9.17, 15) is 0 Å². The van der Waals surface area contributed by atoms with E-state index in [-0.39, 0.29) is 6.61 Å². The minimum Gasteiger partial charge on any atom is -0.490 e. The van der Waals surface area contributed by atoms with Crippen LogP contribution in [0.4, 0.5) is 0 Å². The molecule has 2 aromatic rings. The van der Waals surface area contributed by atoms with Crippen LogP contribution in [0.5, 0.6) is 11.5 Å². The number of allylic oxidation sites excluding steroid dienone is 1. The van der Waals surface area contributed by atoms with Gasteiger partial charge in [-0.25, -0.2) is 0 Å². The van der Waals surface area contributed by atoms with Crippen LogP contribution in [0.3, 0.4) is 0 Å². The van der Waals surface area contributed by atoms with Crippen molar-refractivity contribution in [1.29, 1.82) is 0 Å². The Bertz CT molecular complexity index is 865. The molecule has 0 fully saturated rings. The van der Waals surface area contributed by atoms with Crippen molar-refractivity contribution >= 4 is 39.1 Å². The van der Waals surface area contributed by atoms with Crippen molar-refractivity contribution in [3.05, 3.63) is 67.6 Å². The van der Waals surface area contributed by atoms with Crippen molar-refractivity contribution in [3.63, 3.8) is 0 Å². The summed E-state index contributed by atoms with van der Waals surface area (Å²) >= 11 is 16.2. The molecule has 162 valence electrons. The van der Waals surface area contributed by atoms with E-state index < -0.39 is 0 Å². The molecule has 1 N–H and O–H groups in total. The summed E-state index contributed by atoms with van der Waals surface area (Å²) in [4.78, 5) is 0. The molecular formula is C24H28BrCl2NO2. The van der Waals surface area contributed by atoms with E-state index in [1.54, 1.807) is 5.57 Å². The third-order valence-corrected chi connectivity index (χ3v) is 6.43. The Hall–Kier alpha value is -1.20. The van der Waals surface area contributed by atoms with E-state index in [1.165, 1.54) is 25.7 Å². The van der Waals surface area contributed by atoms with Crippen LogP contribution < -0.4 is 14.8 Å². The van der Waals surface area contributed by atoms with E-state index in [4.69, 9.17) is 32.7 Å². The van der Waals surface area contributed by atoms with Crippen LogP contribution in [0.15, 0.2) is 46.5 Å². The highest BCUT2D eigenvalue weighted by Gasteiger charge is 2.15. The van der Waals surface area contributed by atoms with Crippen LogP contribution in [0.2, 0.25) is 10.0 Å². The van der Waals surface area contributed by atoms with Gasteiger partial charge < -0.3 is 14.8 Å². The minimum atomic E-state index is 0.268. The minimum absolute atomic E-state index is 0.268. The maximum absolute atomic E-state index is 6.27. The molecule has 2 aromatic carbocycles. The van der Waals surface area contributed by atoms with Gasteiger partial charge in [0.1, 0.15) is 6.61 Å². The van der Waals surface area contributed by atoms with Crippen LogP contribution >= 0.6 is 39.1 Å². The molecule has 0 spiro atoms. The van der Waals surface area contributed by atoms with E-state index in [0.29, 0.717) is 28.2 Å². The number of ether oxygens (including phenoxy) is 2. The quantitative estimate of drug-likeness (QED) is 0.261. The highest BCUT2D eigenvalue weighted by molar-refractivity contribution is 9.10. The molecular weight excluding hydrogens is 485 g/mol. The summed E-state index contributed by atoms with van der Waals surface area (Å²) in [6.07, 6.45) is 8.69. The average molecular weight is 513 g/mol. The first-order valence-electron chi connectivity index (χ1n) is 10.5. The lowest BCUT2D eigenvalue weighted by atomic mass is 9.97. The molecule has 0 heterocycles. The van der Waals surface area contributed by atoms with Gasteiger partial charge in [0.15, 0.2) is 11.5 Å². The third-order valence-electron chi connectivity index (χ3n) is 5.13. The molecule has 0 aromatic heterocycles. The Kier molecular flexibility index (Phi) is 9.38. The van der Waals surface area contributed by atoms with Gasteiger partial charge >= 0.3 is 0 Å². The summed E-state index contributed by atoms with van der Waals surface area (Å²) in [5, 5.41) is 4.72. The summed E-state index contributed by atoms with van der Waals surface area (Å²) < 4.78 is 12.8. The predicted molar refractivity (Wildman–Crippen MR) is 129 cm³/mol. The van der Waals surface area contributed by atoms with Crippen LogP contribution in [0.25, 0.3) is 0 Å². The second-order valence-electron chi connectivity index (χ2n) is 7.36. The summed E-state index contributed by atoms with van der Waals surface area (Å²) in [5.74, 6) is 1.37. The maximum atomic E-state index is 6.27. The molecule has 0 aliphatic heterocycles. The number of hydrogen-bond acceptors (Lipinski definition) is 3. The Labute approximate surface area is 197 Å². The van der Waals surface area contributed by atoms with Gasteiger partial charge in [-0.2, -0.15) is 0 Å². The number of halogens is 3. The van der Waals surface area contributed by atoms with Crippen LogP contribution in [0, 0.1) is 0 Å². The summed E-state index contributed by atoms with van der Waals surface area (Å²) in [5.41, 5.74) is 3.50. The molecule has 0 amide bonds. The van der Waals surface area contributed by atoms with Gasteiger partial charge in [-0.1, -0.05) is 40.9 Å². The Morgan fingerprint density at radius 3 is 2.60 bits per heavy atom. The molecule has 0 bridgehead atoms. The monoisotopic (exact) mass is 511 g/mol. The van der Waals surface area contributed by atoms with Crippen molar-refractivity contribution in [2.75, 3.05) is 13.2 Å². The normalized spacial score (nSPS) is 13.8. The van der Waals surface area contributed by atoms with Gasteiger partial charge in [0.25, 0.3) is 0 Å². The first-order valence-corrected chi connectivity index (χ1v) is 12.0. The Morgan fingerprint density at radius 1 is 1.10 bits per heavy atom. The predicted octanol–water partition coefficient (Wildman–Crippen LogP) is 7.71. The molecule has 0 saturated heterocycles. The fraction of sp³-hybridized carbons (Fsp3) is 0.417. The largest absolute Gasteiger partial charge is 0.490 e. The highest BCUT2D eigenvalue weighted by atomic mass is 79.9. The van der Waals surface area contributed by atoms with Crippen molar-refractivity contribution in [2.45, 2.75) is 52.2 Å². The molecule has 0 unspecified atom stereocenters. The molecule has 6 heteroatoms. The first kappa shape index (κ1) is 23.5. The number of benzene rings is 2. The molecule has 30 heavy (non-hydrogen) atoms. The molecule has 3 nitrogen and oxygen atoms in total. The van der Waals surface area contributed by atoms with Crippen molar-refractivity contribution in [1.82, 2.24) is 5.32 Å². The Balaban J connectivity index is 1.63. The van der Waals surface area contributed by atoms with E-state index in [0.717, 1.165) is 35.1 Å². The molecule has 3 rings (SSSR count). The molecule has 0 saturated carbocycles. The van der Waals surface area contributed by atoms with Crippen molar-refractivity contribution < 1.29 is 9.47 Å². The zero-order valence-electron chi connectivity index (χ0n) is 17.3. The van der Waals surface area contributed by atoms with E-state index >= 15 is 0 Å². The SMILES string of the molecule is CCOc1cc(CNCCC2=CCCCC2)cc(Br)c1OCc1c(Cl)cccc1Cl. The zero-order valence-corrected chi connectivity index (χ0v) is 20.4. The van der Waals surface area contributed by atoms with Gasteiger partial charge in [0, 0.05) is 22.2 Å². The fourth-order valence-electron chi connectivity index (χ4n) is 3.55. The molecule has 0 atom stereocenters. The van der Waals surface area contributed by atoms with Gasteiger partial charge in [-0.3, -0.25) is 0 Å². The summed E-state index contributed by atoms with van der Waals surface area (Å²) in [6, 6.07) is 9.54. The number of nitrogens with one attached hydrogen (secondary N) is 1. The maximum Gasteiger partial charge on any atom is 0.175 e. The highest BCUT2D eigenvalue weighted by Crippen LogP contribution is 2.38. The van der Waals surface area contributed by atoms with Gasteiger partial charge in [0.05, 0.1) is 11.1 Å². The molecule has 1 aliphatic carbocycles. The zero-order chi connectivity index (χ0) is 21.3. The number of hydrogen-bond donors (Lipinski definition) is 1. The van der Waals surface area contributed by atoms with Gasteiger partial charge in [-0.15, -0.1) is 0 Å². The second kappa shape index (κ2) is 12.0. The van der Waals surface area contributed by atoms with Gasteiger partial charge in [0.2, 0.25) is 0 Å². The van der Waals surface area contributed by atoms with Crippen LogP contribution in [-0.4, -0.2) is 13.2 Å². The Morgan fingerprint density at radius 2 is 1.90 bits per heavy atom. The summed E-state index contributed by atoms with van der Waals surface area (Å²) in [7, 11) is 0. The lowest BCUT2D eigenvalue weighted by Gasteiger charge is -2.17. The topological polar surface area (TPSA) is 30.5 Å². The third kappa shape index (κ3) is 6.65. The van der Waals surface area contributed by atoms with Crippen LogP contribution in [-0.2, 0) is 13.2 Å². The number of rotatable bonds is 10. The van der Waals surface area contributed by atoms with Gasteiger partial charge in [-0.05, 0) is 91.3 Å².